The van der Waals surface area contributed by atoms with E-state index >= 15 is 0 Å². The molecule has 0 spiro atoms. The third-order valence-electron chi connectivity index (χ3n) is 5.84. The van der Waals surface area contributed by atoms with Gasteiger partial charge in [0.25, 0.3) is 15.9 Å². The zero-order valence-corrected chi connectivity index (χ0v) is 23.0. The highest BCUT2D eigenvalue weighted by molar-refractivity contribution is 7.92. The summed E-state index contributed by atoms with van der Waals surface area (Å²) in [6.45, 7) is 11.4. The summed E-state index contributed by atoms with van der Waals surface area (Å²) in [5.74, 6) is -0.564. The van der Waals surface area contributed by atoms with Gasteiger partial charge in [0, 0.05) is 5.02 Å². The molecule has 0 fully saturated rings. The van der Waals surface area contributed by atoms with Crippen molar-refractivity contribution in [3.8, 4) is 0 Å². The van der Waals surface area contributed by atoms with Crippen LogP contribution in [0.3, 0.4) is 0 Å². The van der Waals surface area contributed by atoms with E-state index in [-0.39, 0.29) is 10.3 Å². The average Bonchev–Trinajstić information content (AvgIpc) is 2.81. The molecule has 8 heteroatoms. The van der Waals surface area contributed by atoms with E-state index in [4.69, 9.17) is 11.6 Å². The molecule has 0 aliphatic rings. The fourth-order valence-electron chi connectivity index (χ4n) is 3.62. The van der Waals surface area contributed by atoms with Crippen LogP contribution < -0.4 is 9.73 Å². The molecule has 3 rings (SSSR count). The van der Waals surface area contributed by atoms with Gasteiger partial charge >= 0.3 is 0 Å². The second-order valence-electron chi connectivity index (χ2n) is 9.82. The third kappa shape index (κ3) is 6.53. The molecule has 0 unspecified atom stereocenters. The SMILES string of the molecule is C/C(=N/NC(=O)CN(c1ccc(Cl)cc1C)S(=O)(=O)c1ccc(C)cc1)c1ccc(C(C)(C)C)cc1. The molecule has 6 nitrogen and oxygen atoms in total. The minimum Gasteiger partial charge on any atom is -0.271 e. The summed E-state index contributed by atoms with van der Waals surface area (Å²) in [4.78, 5) is 13.0. The van der Waals surface area contributed by atoms with Crippen LogP contribution in [0.15, 0.2) is 76.7 Å². The van der Waals surface area contributed by atoms with E-state index in [2.05, 4.69) is 31.3 Å². The van der Waals surface area contributed by atoms with Crippen molar-refractivity contribution in [2.45, 2.75) is 51.9 Å². The Balaban J connectivity index is 1.87. The van der Waals surface area contributed by atoms with Crippen molar-refractivity contribution >= 4 is 38.9 Å². The Morgan fingerprint density at radius 2 is 1.58 bits per heavy atom. The lowest BCUT2D eigenvalue weighted by Crippen LogP contribution is -2.40. The van der Waals surface area contributed by atoms with E-state index < -0.39 is 22.5 Å². The maximum atomic E-state index is 13.6. The topological polar surface area (TPSA) is 78.8 Å². The summed E-state index contributed by atoms with van der Waals surface area (Å²) in [5.41, 5.74) is 7.13. The number of benzene rings is 3. The summed E-state index contributed by atoms with van der Waals surface area (Å²) < 4.78 is 28.2. The molecule has 0 bridgehead atoms. The molecule has 36 heavy (non-hydrogen) atoms. The first-order chi connectivity index (χ1) is 16.8. The van der Waals surface area contributed by atoms with Crippen LogP contribution in [-0.2, 0) is 20.2 Å². The minimum absolute atomic E-state index is 0.0317. The Morgan fingerprint density at radius 3 is 2.14 bits per heavy atom. The van der Waals surface area contributed by atoms with Crippen molar-refractivity contribution in [1.82, 2.24) is 5.43 Å². The number of carbonyl (C=O) groups excluding carboxylic acids is 1. The monoisotopic (exact) mass is 525 g/mol. The normalized spacial score (nSPS) is 12.4. The van der Waals surface area contributed by atoms with Crippen molar-refractivity contribution in [2.24, 2.45) is 5.10 Å². The molecule has 3 aromatic carbocycles. The molecular weight excluding hydrogens is 494 g/mol. The molecule has 0 aromatic heterocycles. The zero-order valence-electron chi connectivity index (χ0n) is 21.5. The Kier molecular flexibility index (Phi) is 8.26. The number of hydrogen-bond donors (Lipinski definition) is 1. The number of nitrogens with zero attached hydrogens (tertiary/aromatic N) is 2. The standard InChI is InChI=1S/C28H32ClN3O3S/c1-19-7-14-25(15-8-19)36(34,35)32(26-16-13-24(29)17-20(26)2)18-27(33)31-30-21(3)22-9-11-23(12-10-22)28(4,5)6/h7-17H,18H2,1-6H3,(H,31,33)/b30-21-. The van der Waals surface area contributed by atoms with Crippen LogP contribution in [0.4, 0.5) is 5.69 Å². The molecule has 0 saturated heterocycles. The lowest BCUT2D eigenvalue weighted by Gasteiger charge is -2.25. The number of amides is 1. The summed E-state index contributed by atoms with van der Waals surface area (Å²) >= 11 is 6.09. The average molecular weight is 526 g/mol. The molecule has 1 amide bonds. The lowest BCUT2D eigenvalue weighted by atomic mass is 9.86. The molecular formula is C28H32ClN3O3S. The van der Waals surface area contributed by atoms with E-state index in [1.165, 1.54) is 17.7 Å². The Bertz CT molecular complexity index is 1380. The molecule has 0 heterocycles. The number of carbonyl (C=O) groups is 1. The van der Waals surface area contributed by atoms with Gasteiger partial charge < -0.3 is 0 Å². The molecule has 1 N–H and O–H groups in total. The van der Waals surface area contributed by atoms with Crippen LogP contribution in [0.25, 0.3) is 0 Å². The second-order valence-corrected chi connectivity index (χ2v) is 12.1. The maximum absolute atomic E-state index is 13.6. The second kappa shape index (κ2) is 10.8. The van der Waals surface area contributed by atoms with Gasteiger partial charge in [-0.05, 0) is 73.2 Å². The summed E-state index contributed by atoms with van der Waals surface area (Å²) in [6.07, 6.45) is 0. The van der Waals surface area contributed by atoms with Gasteiger partial charge in [-0.25, -0.2) is 13.8 Å². The molecule has 0 radical (unpaired) electrons. The van der Waals surface area contributed by atoms with Crippen LogP contribution in [0.5, 0.6) is 0 Å². The van der Waals surface area contributed by atoms with E-state index in [1.807, 2.05) is 31.2 Å². The Morgan fingerprint density at radius 1 is 0.972 bits per heavy atom. The zero-order chi connectivity index (χ0) is 26.7. The fraction of sp³-hybridized carbons (Fsp3) is 0.286. The van der Waals surface area contributed by atoms with Crippen LogP contribution in [0.1, 0.15) is 49.9 Å². The predicted molar refractivity (Wildman–Crippen MR) is 147 cm³/mol. The highest BCUT2D eigenvalue weighted by Gasteiger charge is 2.28. The molecule has 0 saturated carbocycles. The van der Waals surface area contributed by atoms with Gasteiger partial charge in [0.1, 0.15) is 6.54 Å². The molecule has 0 aliphatic carbocycles. The van der Waals surface area contributed by atoms with Crippen molar-refractivity contribution in [3.63, 3.8) is 0 Å². The molecule has 190 valence electrons. The van der Waals surface area contributed by atoms with Gasteiger partial charge in [-0.3, -0.25) is 9.10 Å². The van der Waals surface area contributed by atoms with Gasteiger partial charge in [0.15, 0.2) is 0 Å². The van der Waals surface area contributed by atoms with Gasteiger partial charge in [0.05, 0.1) is 16.3 Å². The molecule has 0 atom stereocenters. The number of anilines is 1. The predicted octanol–water partition coefficient (Wildman–Crippen LogP) is 5.99. The number of halogens is 1. The van der Waals surface area contributed by atoms with Crippen molar-refractivity contribution < 1.29 is 13.2 Å². The quantitative estimate of drug-likeness (QED) is 0.304. The number of sulfonamides is 1. The number of hydrogen-bond acceptors (Lipinski definition) is 4. The summed E-state index contributed by atoms with van der Waals surface area (Å²) in [6, 6.07) is 19.4. The number of hydrazone groups is 1. The number of aryl methyl sites for hydroxylation is 2. The lowest BCUT2D eigenvalue weighted by molar-refractivity contribution is -0.119. The molecule has 0 aliphatic heterocycles. The van der Waals surface area contributed by atoms with Gasteiger partial charge in [-0.2, -0.15) is 5.10 Å². The van der Waals surface area contributed by atoms with E-state index in [1.54, 1.807) is 44.2 Å². The molecule has 3 aromatic rings. The maximum Gasteiger partial charge on any atom is 0.264 e. The van der Waals surface area contributed by atoms with Crippen molar-refractivity contribution in [2.75, 3.05) is 10.8 Å². The van der Waals surface area contributed by atoms with Crippen molar-refractivity contribution in [1.29, 1.82) is 0 Å². The van der Waals surface area contributed by atoms with Crippen molar-refractivity contribution in [3.05, 3.63) is 94.0 Å². The van der Waals surface area contributed by atoms with Crippen LogP contribution in [0.2, 0.25) is 5.02 Å². The first kappa shape index (κ1) is 27.4. The van der Waals surface area contributed by atoms with Gasteiger partial charge in [-0.1, -0.05) is 74.3 Å². The van der Waals surface area contributed by atoms with Crippen LogP contribution >= 0.6 is 11.6 Å². The van der Waals surface area contributed by atoms with Gasteiger partial charge in [0.2, 0.25) is 0 Å². The van der Waals surface area contributed by atoms with Gasteiger partial charge in [-0.15, -0.1) is 0 Å². The highest BCUT2D eigenvalue weighted by atomic mass is 35.5. The summed E-state index contributed by atoms with van der Waals surface area (Å²) in [7, 11) is -4.03. The Hall–Kier alpha value is -3.16. The van der Waals surface area contributed by atoms with E-state index in [0.29, 0.717) is 22.0 Å². The smallest absolute Gasteiger partial charge is 0.264 e. The third-order valence-corrected chi connectivity index (χ3v) is 7.85. The minimum atomic E-state index is -4.03. The number of rotatable bonds is 7. The largest absolute Gasteiger partial charge is 0.271 e. The number of nitrogens with one attached hydrogen (secondary N) is 1. The van der Waals surface area contributed by atoms with Crippen LogP contribution in [0, 0.1) is 13.8 Å². The fourth-order valence-corrected chi connectivity index (χ4v) is 5.34. The van der Waals surface area contributed by atoms with E-state index in [9.17, 15) is 13.2 Å². The Labute approximate surface area is 219 Å². The highest BCUT2D eigenvalue weighted by Crippen LogP contribution is 2.29. The first-order valence-corrected chi connectivity index (χ1v) is 13.4. The van der Waals surface area contributed by atoms with E-state index in [0.717, 1.165) is 15.4 Å². The summed E-state index contributed by atoms with van der Waals surface area (Å²) in [5, 5.41) is 4.69. The van der Waals surface area contributed by atoms with Crippen LogP contribution in [-0.4, -0.2) is 26.6 Å². The first-order valence-electron chi connectivity index (χ1n) is 11.6.